The monoisotopic (exact) mass is 381 g/mol. The summed E-state index contributed by atoms with van der Waals surface area (Å²) < 4.78 is 10.4. The third kappa shape index (κ3) is 4.49. The summed E-state index contributed by atoms with van der Waals surface area (Å²) in [6.07, 6.45) is 0. The molecule has 0 N–H and O–H groups in total. The Balaban J connectivity index is 1.86. The minimum absolute atomic E-state index is 0.210. The van der Waals surface area contributed by atoms with Crippen molar-refractivity contribution in [3.8, 4) is 0 Å². The van der Waals surface area contributed by atoms with Crippen LogP contribution in [0.15, 0.2) is 5.03 Å². The van der Waals surface area contributed by atoms with Gasteiger partial charge in [0.15, 0.2) is 0 Å². The number of morpholine rings is 1. The summed E-state index contributed by atoms with van der Waals surface area (Å²) in [4.78, 5) is 25.8. The second-order valence-electron chi connectivity index (χ2n) is 5.89. The number of aryl methyl sites for hydroxylation is 2. The standard InChI is InChI=1S/C17H23N3O3S2/c1-4-23-14(21)10-24-16-15-11(2)12(3)25-17(15)19-13(18-16)9-20-5-7-22-8-6-20/h4-10H2,1-3H3. The van der Waals surface area contributed by atoms with E-state index < -0.39 is 0 Å². The fraction of sp³-hybridized carbons (Fsp3) is 0.588. The average molecular weight is 382 g/mol. The molecule has 0 saturated carbocycles. The SMILES string of the molecule is CCOC(=O)CSc1nc(CN2CCOCC2)nc2sc(C)c(C)c12. The molecule has 8 heteroatoms. The van der Waals surface area contributed by atoms with Gasteiger partial charge in [-0.15, -0.1) is 11.3 Å². The van der Waals surface area contributed by atoms with Gasteiger partial charge in [0.2, 0.25) is 0 Å². The minimum atomic E-state index is -0.210. The van der Waals surface area contributed by atoms with Crippen LogP contribution < -0.4 is 0 Å². The number of carbonyl (C=O) groups is 1. The van der Waals surface area contributed by atoms with Gasteiger partial charge >= 0.3 is 5.97 Å². The van der Waals surface area contributed by atoms with E-state index in [1.807, 2.05) is 6.92 Å². The first-order valence-corrected chi connectivity index (χ1v) is 10.2. The van der Waals surface area contributed by atoms with E-state index in [9.17, 15) is 4.79 Å². The number of thioether (sulfide) groups is 1. The lowest BCUT2D eigenvalue weighted by molar-refractivity contribution is -0.139. The lowest BCUT2D eigenvalue weighted by Crippen LogP contribution is -2.36. The van der Waals surface area contributed by atoms with Crippen molar-refractivity contribution in [2.24, 2.45) is 0 Å². The quantitative estimate of drug-likeness (QED) is 0.433. The van der Waals surface area contributed by atoms with E-state index in [0.29, 0.717) is 13.2 Å². The molecule has 0 radical (unpaired) electrons. The zero-order chi connectivity index (χ0) is 17.8. The number of aromatic nitrogens is 2. The van der Waals surface area contributed by atoms with Crippen molar-refractivity contribution in [2.75, 3.05) is 38.7 Å². The van der Waals surface area contributed by atoms with E-state index in [-0.39, 0.29) is 11.7 Å². The molecule has 6 nitrogen and oxygen atoms in total. The van der Waals surface area contributed by atoms with E-state index in [2.05, 4.69) is 18.7 Å². The van der Waals surface area contributed by atoms with Crippen LogP contribution in [0.5, 0.6) is 0 Å². The lowest BCUT2D eigenvalue weighted by atomic mass is 10.2. The second-order valence-corrected chi connectivity index (χ2v) is 8.06. The highest BCUT2D eigenvalue weighted by molar-refractivity contribution is 8.00. The van der Waals surface area contributed by atoms with Crippen LogP contribution in [0.2, 0.25) is 0 Å². The van der Waals surface area contributed by atoms with Gasteiger partial charge in [0.25, 0.3) is 0 Å². The molecule has 0 aliphatic carbocycles. The smallest absolute Gasteiger partial charge is 0.316 e. The summed E-state index contributed by atoms with van der Waals surface area (Å²) >= 11 is 3.13. The van der Waals surface area contributed by atoms with E-state index in [1.165, 1.54) is 22.2 Å². The average Bonchev–Trinajstić information content (AvgIpc) is 2.88. The molecule has 2 aromatic rings. The fourth-order valence-electron chi connectivity index (χ4n) is 2.72. The molecule has 2 aromatic heterocycles. The molecule has 1 saturated heterocycles. The fourth-order valence-corrected chi connectivity index (χ4v) is 4.73. The van der Waals surface area contributed by atoms with Crippen LogP contribution in [0.25, 0.3) is 10.2 Å². The number of carbonyl (C=O) groups excluding carboxylic acids is 1. The van der Waals surface area contributed by atoms with Gasteiger partial charge in [-0.1, -0.05) is 11.8 Å². The summed E-state index contributed by atoms with van der Waals surface area (Å²) in [5.74, 6) is 0.867. The maximum absolute atomic E-state index is 11.7. The van der Waals surface area contributed by atoms with Crippen molar-refractivity contribution in [3.05, 3.63) is 16.3 Å². The van der Waals surface area contributed by atoms with Crippen LogP contribution in [-0.4, -0.2) is 59.5 Å². The molecule has 3 rings (SSSR count). The molecule has 0 atom stereocenters. The number of nitrogens with zero attached hydrogens (tertiary/aromatic N) is 3. The number of hydrogen-bond donors (Lipinski definition) is 0. The van der Waals surface area contributed by atoms with Crippen molar-refractivity contribution in [1.29, 1.82) is 0 Å². The third-order valence-corrected chi connectivity index (χ3v) is 6.19. The molecule has 136 valence electrons. The van der Waals surface area contributed by atoms with Crippen molar-refractivity contribution >= 4 is 39.3 Å². The molecule has 0 bridgehead atoms. The number of esters is 1. The highest BCUT2D eigenvalue weighted by Crippen LogP contribution is 2.35. The summed E-state index contributed by atoms with van der Waals surface area (Å²) in [7, 11) is 0. The van der Waals surface area contributed by atoms with Crippen LogP contribution >= 0.6 is 23.1 Å². The van der Waals surface area contributed by atoms with Gasteiger partial charge in [0.05, 0.1) is 32.1 Å². The first kappa shape index (κ1) is 18.6. The van der Waals surface area contributed by atoms with Crippen molar-refractivity contribution in [3.63, 3.8) is 0 Å². The maximum Gasteiger partial charge on any atom is 0.316 e. The zero-order valence-corrected chi connectivity index (χ0v) is 16.5. The van der Waals surface area contributed by atoms with E-state index >= 15 is 0 Å². The van der Waals surface area contributed by atoms with Crippen LogP contribution in [0, 0.1) is 13.8 Å². The van der Waals surface area contributed by atoms with Crippen molar-refractivity contribution < 1.29 is 14.3 Å². The number of hydrogen-bond acceptors (Lipinski definition) is 8. The maximum atomic E-state index is 11.7. The molecule has 0 spiro atoms. The molecule has 3 heterocycles. The van der Waals surface area contributed by atoms with Crippen LogP contribution in [0.1, 0.15) is 23.2 Å². The Labute approximate surface area is 155 Å². The van der Waals surface area contributed by atoms with Gasteiger partial charge < -0.3 is 9.47 Å². The largest absolute Gasteiger partial charge is 0.465 e. The van der Waals surface area contributed by atoms with Gasteiger partial charge in [0, 0.05) is 23.4 Å². The van der Waals surface area contributed by atoms with Gasteiger partial charge in [-0.05, 0) is 26.3 Å². The van der Waals surface area contributed by atoms with Crippen molar-refractivity contribution in [1.82, 2.24) is 14.9 Å². The first-order valence-electron chi connectivity index (χ1n) is 8.43. The predicted octanol–water partition coefficient (Wildman–Crippen LogP) is 2.80. The Morgan fingerprint density at radius 3 is 2.80 bits per heavy atom. The van der Waals surface area contributed by atoms with E-state index in [4.69, 9.17) is 19.4 Å². The Morgan fingerprint density at radius 2 is 2.08 bits per heavy atom. The Bertz CT molecular complexity index is 757. The predicted molar refractivity (Wildman–Crippen MR) is 100 cm³/mol. The Kier molecular flexibility index (Phi) is 6.27. The molecule has 1 fully saturated rings. The van der Waals surface area contributed by atoms with E-state index in [0.717, 1.165) is 47.4 Å². The second kappa shape index (κ2) is 8.44. The highest BCUT2D eigenvalue weighted by Gasteiger charge is 2.18. The zero-order valence-electron chi connectivity index (χ0n) is 14.8. The number of ether oxygens (including phenoxy) is 2. The highest BCUT2D eigenvalue weighted by atomic mass is 32.2. The number of fused-ring (bicyclic) bond motifs is 1. The molecule has 0 aromatic carbocycles. The first-order chi connectivity index (χ1) is 12.1. The Morgan fingerprint density at radius 1 is 1.32 bits per heavy atom. The summed E-state index contributed by atoms with van der Waals surface area (Å²) in [5.41, 5.74) is 1.20. The number of rotatable bonds is 6. The van der Waals surface area contributed by atoms with E-state index in [1.54, 1.807) is 11.3 Å². The van der Waals surface area contributed by atoms with Crippen LogP contribution in [-0.2, 0) is 20.8 Å². The molecule has 0 amide bonds. The molecule has 1 aliphatic heterocycles. The molecule has 0 unspecified atom stereocenters. The van der Waals surface area contributed by atoms with Gasteiger partial charge in [0.1, 0.15) is 15.7 Å². The van der Waals surface area contributed by atoms with Crippen LogP contribution in [0.3, 0.4) is 0 Å². The molecular formula is C17H23N3O3S2. The summed E-state index contributed by atoms with van der Waals surface area (Å²) in [6.45, 7) is 10.4. The van der Waals surface area contributed by atoms with Crippen LogP contribution in [0.4, 0.5) is 0 Å². The van der Waals surface area contributed by atoms with Gasteiger partial charge in [-0.3, -0.25) is 9.69 Å². The van der Waals surface area contributed by atoms with Gasteiger partial charge in [-0.2, -0.15) is 0 Å². The minimum Gasteiger partial charge on any atom is -0.465 e. The lowest BCUT2D eigenvalue weighted by Gasteiger charge is -2.25. The third-order valence-electron chi connectivity index (χ3n) is 4.14. The Hall–Kier alpha value is -1.22. The molecular weight excluding hydrogens is 358 g/mol. The van der Waals surface area contributed by atoms with Gasteiger partial charge in [-0.25, -0.2) is 9.97 Å². The molecule has 25 heavy (non-hydrogen) atoms. The van der Waals surface area contributed by atoms with Crippen molar-refractivity contribution in [2.45, 2.75) is 32.3 Å². The number of thiophene rings is 1. The summed E-state index contributed by atoms with van der Waals surface area (Å²) in [5, 5.41) is 1.95. The normalized spacial score (nSPS) is 15.6. The topological polar surface area (TPSA) is 64.5 Å². The molecule has 1 aliphatic rings. The summed E-state index contributed by atoms with van der Waals surface area (Å²) in [6, 6.07) is 0.